The van der Waals surface area contributed by atoms with E-state index in [2.05, 4.69) is 5.32 Å². The molecule has 3 rings (SSSR count). The number of sulfonamides is 1. The molecule has 0 bridgehead atoms. The number of ether oxygens (including phenoxy) is 1. The second-order valence-corrected chi connectivity index (χ2v) is 7.35. The third kappa shape index (κ3) is 2.48. The van der Waals surface area contributed by atoms with E-state index in [1.807, 2.05) is 13.1 Å². The van der Waals surface area contributed by atoms with Gasteiger partial charge in [-0.3, -0.25) is 0 Å². The van der Waals surface area contributed by atoms with E-state index in [0.717, 1.165) is 24.0 Å². The highest BCUT2D eigenvalue weighted by atomic mass is 32.2. The lowest BCUT2D eigenvalue weighted by Gasteiger charge is -2.31. The molecule has 0 radical (unpaired) electrons. The van der Waals surface area contributed by atoms with Crippen LogP contribution >= 0.6 is 0 Å². The van der Waals surface area contributed by atoms with Crippen LogP contribution in [0.3, 0.4) is 0 Å². The van der Waals surface area contributed by atoms with Crippen LogP contribution in [-0.4, -0.2) is 38.9 Å². The van der Waals surface area contributed by atoms with Gasteiger partial charge in [-0.2, -0.15) is 4.31 Å². The Bertz CT molecular complexity index is 600. The minimum absolute atomic E-state index is 0.247. The Morgan fingerprint density at radius 2 is 2.10 bits per heavy atom. The zero-order valence-corrected chi connectivity index (χ0v) is 12.4. The Morgan fingerprint density at radius 3 is 2.90 bits per heavy atom. The summed E-state index contributed by atoms with van der Waals surface area (Å²) >= 11 is 0. The Hall–Kier alpha value is -0.950. The zero-order valence-electron chi connectivity index (χ0n) is 11.6. The van der Waals surface area contributed by atoms with Crippen molar-refractivity contribution in [2.75, 3.05) is 20.1 Å². The molecule has 2 heterocycles. The Kier molecular flexibility index (Phi) is 3.81. The molecule has 1 aromatic rings. The summed E-state index contributed by atoms with van der Waals surface area (Å²) in [4.78, 5) is 0.388. The minimum Gasteiger partial charge on any atom is -0.372 e. The fourth-order valence-electron chi connectivity index (χ4n) is 2.85. The highest BCUT2D eigenvalue weighted by Crippen LogP contribution is 2.26. The molecule has 1 unspecified atom stereocenters. The number of likely N-dealkylation sites (N-methyl/N-ethyl adjacent to an activating group) is 1. The fraction of sp³-hybridized carbons (Fsp3) is 0.571. The Morgan fingerprint density at radius 1 is 1.30 bits per heavy atom. The molecular formula is C14H20N2O3S. The van der Waals surface area contributed by atoms with Gasteiger partial charge in [0.2, 0.25) is 10.0 Å². The molecule has 1 fully saturated rings. The number of nitrogens with one attached hydrogen (secondary N) is 1. The second kappa shape index (κ2) is 5.44. The summed E-state index contributed by atoms with van der Waals surface area (Å²) in [7, 11) is -1.51. The molecule has 5 nitrogen and oxygen atoms in total. The van der Waals surface area contributed by atoms with Crippen LogP contribution in [0.4, 0.5) is 0 Å². The highest BCUT2D eigenvalue weighted by Gasteiger charge is 2.30. The topological polar surface area (TPSA) is 58.6 Å². The van der Waals surface area contributed by atoms with Gasteiger partial charge in [0.15, 0.2) is 0 Å². The lowest BCUT2D eigenvalue weighted by Crippen LogP contribution is -2.46. The van der Waals surface area contributed by atoms with Crippen LogP contribution in [-0.2, 0) is 28.0 Å². The molecule has 2 aliphatic rings. The highest BCUT2D eigenvalue weighted by molar-refractivity contribution is 7.89. The van der Waals surface area contributed by atoms with Crippen molar-refractivity contribution in [1.82, 2.24) is 9.62 Å². The maximum atomic E-state index is 12.7. The van der Waals surface area contributed by atoms with Crippen molar-refractivity contribution in [3.63, 3.8) is 0 Å². The quantitative estimate of drug-likeness (QED) is 0.907. The maximum absolute atomic E-state index is 12.7. The van der Waals surface area contributed by atoms with E-state index in [0.29, 0.717) is 31.2 Å². The lowest BCUT2D eigenvalue weighted by molar-refractivity contribution is 0.134. The maximum Gasteiger partial charge on any atom is 0.243 e. The summed E-state index contributed by atoms with van der Waals surface area (Å²) in [6.45, 7) is 2.25. The second-order valence-electron chi connectivity index (χ2n) is 5.41. The molecule has 1 aromatic carbocycles. The fourth-order valence-corrected chi connectivity index (χ4v) is 4.43. The van der Waals surface area contributed by atoms with Crippen LogP contribution in [0.25, 0.3) is 0 Å². The van der Waals surface area contributed by atoms with Gasteiger partial charge in [0.1, 0.15) is 0 Å². The van der Waals surface area contributed by atoms with Gasteiger partial charge in [-0.05, 0) is 43.1 Å². The van der Waals surface area contributed by atoms with E-state index < -0.39 is 10.0 Å². The van der Waals surface area contributed by atoms with Crippen LogP contribution in [0.5, 0.6) is 0 Å². The SMILES string of the molecule is CNC1CCCN(S(=O)(=O)c2ccc3c(c2)COC3)C1. The molecule has 0 spiro atoms. The van der Waals surface area contributed by atoms with Crippen molar-refractivity contribution >= 4 is 10.0 Å². The third-order valence-electron chi connectivity index (χ3n) is 4.12. The Labute approximate surface area is 120 Å². The lowest BCUT2D eigenvalue weighted by atomic mass is 10.1. The van der Waals surface area contributed by atoms with E-state index in [-0.39, 0.29) is 6.04 Å². The predicted octanol–water partition coefficient (Wildman–Crippen LogP) is 1.09. The van der Waals surface area contributed by atoms with Gasteiger partial charge in [-0.1, -0.05) is 6.07 Å². The van der Waals surface area contributed by atoms with Crippen LogP contribution in [0.2, 0.25) is 0 Å². The zero-order chi connectivity index (χ0) is 14.2. The van der Waals surface area contributed by atoms with Crippen LogP contribution < -0.4 is 5.32 Å². The summed E-state index contributed by atoms with van der Waals surface area (Å²) in [5.41, 5.74) is 2.09. The molecule has 110 valence electrons. The Balaban J connectivity index is 1.87. The average molecular weight is 296 g/mol. The van der Waals surface area contributed by atoms with Gasteiger partial charge in [0, 0.05) is 19.1 Å². The molecular weight excluding hydrogens is 276 g/mol. The number of hydrogen-bond acceptors (Lipinski definition) is 4. The van der Waals surface area contributed by atoms with Crippen molar-refractivity contribution < 1.29 is 13.2 Å². The predicted molar refractivity (Wildman–Crippen MR) is 75.8 cm³/mol. The van der Waals surface area contributed by atoms with Crippen molar-refractivity contribution in [3.8, 4) is 0 Å². The van der Waals surface area contributed by atoms with E-state index in [1.54, 1.807) is 16.4 Å². The molecule has 20 heavy (non-hydrogen) atoms. The van der Waals surface area contributed by atoms with Crippen LogP contribution in [0.1, 0.15) is 24.0 Å². The monoisotopic (exact) mass is 296 g/mol. The first kappa shape index (κ1) is 14.0. The van der Waals surface area contributed by atoms with Crippen molar-refractivity contribution in [2.24, 2.45) is 0 Å². The number of rotatable bonds is 3. The van der Waals surface area contributed by atoms with Gasteiger partial charge < -0.3 is 10.1 Å². The van der Waals surface area contributed by atoms with Crippen LogP contribution in [0.15, 0.2) is 23.1 Å². The molecule has 1 N–H and O–H groups in total. The molecule has 6 heteroatoms. The number of fused-ring (bicyclic) bond motifs is 1. The smallest absolute Gasteiger partial charge is 0.243 e. The average Bonchev–Trinajstić information content (AvgIpc) is 2.94. The van der Waals surface area contributed by atoms with E-state index in [1.165, 1.54) is 0 Å². The summed E-state index contributed by atoms with van der Waals surface area (Å²) in [6, 6.07) is 5.58. The molecule has 0 amide bonds. The number of hydrogen-bond donors (Lipinski definition) is 1. The van der Waals surface area contributed by atoms with Gasteiger partial charge in [-0.25, -0.2) is 8.42 Å². The first-order chi connectivity index (χ1) is 9.61. The number of piperidine rings is 1. The standard InChI is InChI=1S/C14H20N2O3S/c1-15-13-3-2-6-16(8-13)20(17,18)14-5-4-11-9-19-10-12(11)7-14/h4-5,7,13,15H,2-3,6,8-10H2,1H3. The van der Waals surface area contributed by atoms with Gasteiger partial charge in [0.25, 0.3) is 0 Å². The van der Waals surface area contributed by atoms with Crippen molar-refractivity contribution in [3.05, 3.63) is 29.3 Å². The summed E-state index contributed by atoms with van der Waals surface area (Å²) < 4.78 is 32.3. The summed E-state index contributed by atoms with van der Waals surface area (Å²) in [5.74, 6) is 0. The van der Waals surface area contributed by atoms with Gasteiger partial charge >= 0.3 is 0 Å². The van der Waals surface area contributed by atoms with Gasteiger partial charge in [0.05, 0.1) is 18.1 Å². The summed E-state index contributed by atoms with van der Waals surface area (Å²) in [5, 5.41) is 3.17. The summed E-state index contributed by atoms with van der Waals surface area (Å²) in [6.07, 6.45) is 1.93. The third-order valence-corrected chi connectivity index (χ3v) is 5.98. The van der Waals surface area contributed by atoms with E-state index >= 15 is 0 Å². The minimum atomic E-state index is -3.39. The first-order valence-electron chi connectivity index (χ1n) is 6.98. The van der Waals surface area contributed by atoms with Crippen molar-refractivity contribution in [2.45, 2.75) is 37.0 Å². The molecule has 0 aromatic heterocycles. The first-order valence-corrected chi connectivity index (χ1v) is 8.42. The van der Waals surface area contributed by atoms with Gasteiger partial charge in [-0.15, -0.1) is 0 Å². The normalized spacial score (nSPS) is 23.8. The number of benzene rings is 1. The van der Waals surface area contributed by atoms with Crippen LogP contribution in [0, 0.1) is 0 Å². The molecule has 2 aliphatic heterocycles. The largest absolute Gasteiger partial charge is 0.372 e. The molecule has 1 saturated heterocycles. The molecule has 0 aliphatic carbocycles. The van der Waals surface area contributed by atoms with Crippen molar-refractivity contribution in [1.29, 1.82) is 0 Å². The number of nitrogens with zero attached hydrogens (tertiary/aromatic N) is 1. The molecule has 0 saturated carbocycles. The van der Waals surface area contributed by atoms with E-state index in [4.69, 9.17) is 4.74 Å². The van der Waals surface area contributed by atoms with E-state index in [9.17, 15) is 8.42 Å². The molecule has 1 atom stereocenters.